The summed E-state index contributed by atoms with van der Waals surface area (Å²) < 4.78 is 27.9. The first-order valence-electron chi connectivity index (χ1n) is 13.2. The van der Waals surface area contributed by atoms with Crippen molar-refractivity contribution in [3.05, 3.63) is 65.5 Å². The topological polar surface area (TPSA) is 78.2 Å². The second-order valence-electron chi connectivity index (χ2n) is 9.76. The third-order valence-electron chi connectivity index (χ3n) is 7.30. The van der Waals surface area contributed by atoms with Gasteiger partial charge in [0.1, 0.15) is 22.9 Å². The molecule has 1 aromatic carbocycles. The van der Waals surface area contributed by atoms with Crippen LogP contribution in [-0.4, -0.2) is 55.7 Å². The Morgan fingerprint density at radius 3 is 2.50 bits per heavy atom. The summed E-state index contributed by atoms with van der Waals surface area (Å²) in [6, 6.07) is 8.18. The first kappa shape index (κ1) is 24.3. The SMILES string of the molecule is CCOc1nc(C)c2nc(-c3cncc(F)c3)n(Cc3ccc(C4=CN5CCC4CC5)cc3OCC)c2n1. The Balaban J connectivity index is 1.47. The number of halogens is 1. The molecule has 9 heteroatoms. The highest BCUT2D eigenvalue weighted by Gasteiger charge is 2.28. The van der Waals surface area contributed by atoms with E-state index in [0.717, 1.165) is 24.4 Å². The summed E-state index contributed by atoms with van der Waals surface area (Å²) in [5.41, 5.74) is 6.08. The molecular weight excluding hydrogens is 483 g/mol. The Bertz CT molecular complexity index is 1520. The van der Waals surface area contributed by atoms with E-state index in [2.05, 4.69) is 44.3 Å². The standard InChI is InChI=1S/C29H31FN6O2/c1-4-37-25-13-20(24-17-35-10-8-19(24)9-11-35)6-7-21(25)16-36-27(22-12-23(30)15-31-14-22)33-26-18(3)32-29(38-5-2)34-28(26)36/h6-7,12-15,17,19H,4-5,8-11,16H2,1-3H3. The van der Waals surface area contributed by atoms with E-state index < -0.39 is 5.82 Å². The fourth-order valence-corrected chi connectivity index (χ4v) is 5.49. The number of hydrogen-bond donors (Lipinski definition) is 0. The van der Waals surface area contributed by atoms with Crippen molar-refractivity contribution in [2.24, 2.45) is 5.92 Å². The van der Waals surface area contributed by atoms with Crippen molar-refractivity contribution in [2.45, 2.75) is 40.2 Å². The molecule has 0 radical (unpaired) electrons. The van der Waals surface area contributed by atoms with Crippen LogP contribution in [0.25, 0.3) is 28.1 Å². The van der Waals surface area contributed by atoms with E-state index in [1.165, 1.54) is 36.2 Å². The molecule has 0 amide bonds. The number of pyridine rings is 1. The number of hydrogen-bond acceptors (Lipinski definition) is 7. The van der Waals surface area contributed by atoms with E-state index in [1.54, 1.807) is 6.20 Å². The summed E-state index contributed by atoms with van der Waals surface area (Å²) in [6.07, 6.45) is 7.51. The van der Waals surface area contributed by atoms with Crippen molar-refractivity contribution >= 4 is 16.7 Å². The third-order valence-corrected chi connectivity index (χ3v) is 7.30. The number of rotatable bonds is 8. The molecule has 0 saturated carbocycles. The maximum Gasteiger partial charge on any atom is 0.318 e. The summed E-state index contributed by atoms with van der Waals surface area (Å²) in [7, 11) is 0. The zero-order chi connectivity index (χ0) is 26.2. The molecule has 3 aromatic heterocycles. The van der Waals surface area contributed by atoms with Gasteiger partial charge in [0, 0.05) is 36.6 Å². The monoisotopic (exact) mass is 514 g/mol. The molecule has 2 bridgehead atoms. The van der Waals surface area contributed by atoms with Gasteiger partial charge in [-0.3, -0.25) is 4.98 Å². The van der Waals surface area contributed by atoms with Gasteiger partial charge in [0.2, 0.25) is 0 Å². The van der Waals surface area contributed by atoms with E-state index in [0.29, 0.717) is 53.9 Å². The number of piperidine rings is 1. The predicted octanol–water partition coefficient (Wildman–Crippen LogP) is 5.25. The Morgan fingerprint density at radius 2 is 1.79 bits per heavy atom. The molecule has 7 rings (SSSR count). The third kappa shape index (κ3) is 4.46. The minimum Gasteiger partial charge on any atom is -0.494 e. The fraction of sp³-hybridized carbons (Fsp3) is 0.379. The molecule has 0 N–H and O–H groups in total. The molecule has 6 heterocycles. The van der Waals surface area contributed by atoms with E-state index in [4.69, 9.17) is 14.5 Å². The molecule has 1 fully saturated rings. The molecule has 8 nitrogen and oxygen atoms in total. The van der Waals surface area contributed by atoms with Crippen LogP contribution in [0.2, 0.25) is 0 Å². The van der Waals surface area contributed by atoms with Gasteiger partial charge in [-0.25, -0.2) is 9.37 Å². The molecule has 0 spiro atoms. The predicted molar refractivity (Wildman–Crippen MR) is 143 cm³/mol. The number of imidazole rings is 1. The van der Waals surface area contributed by atoms with Gasteiger partial charge < -0.3 is 18.9 Å². The van der Waals surface area contributed by atoms with Crippen molar-refractivity contribution < 1.29 is 13.9 Å². The summed E-state index contributed by atoms with van der Waals surface area (Å²) in [4.78, 5) is 20.4. The first-order valence-corrected chi connectivity index (χ1v) is 13.2. The molecule has 0 unspecified atom stereocenters. The zero-order valence-corrected chi connectivity index (χ0v) is 21.9. The molecule has 38 heavy (non-hydrogen) atoms. The largest absolute Gasteiger partial charge is 0.494 e. The molecule has 3 aliphatic heterocycles. The summed E-state index contributed by atoms with van der Waals surface area (Å²) in [6.45, 7) is 9.46. The maximum absolute atomic E-state index is 14.2. The number of fused-ring (bicyclic) bond motifs is 3. The maximum atomic E-state index is 14.2. The van der Waals surface area contributed by atoms with Gasteiger partial charge in [-0.15, -0.1) is 0 Å². The van der Waals surface area contributed by atoms with Crippen molar-refractivity contribution in [3.63, 3.8) is 0 Å². The minimum absolute atomic E-state index is 0.289. The van der Waals surface area contributed by atoms with Crippen LogP contribution < -0.4 is 9.47 Å². The number of ether oxygens (including phenoxy) is 2. The normalized spacial score (nSPS) is 15.3. The van der Waals surface area contributed by atoms with Crippen LogP contribution in [0.4, 0.5) is 4.39 Å². The van der Waals surface area contributed by atoms with Crippen molar-refractivity contribution in [3.8, 4) is 23.1 Å². The van der Waals surface area contributed by atoms with Crippen molar-refractivity contribution in [1.82, 2.24) is 29.4 Å². The average molecular weight is 515 g/mol. The van der Waals surface area contributed by atoms with Gasteiger partial charge in [-0.05, 0) is 62.8 Å². The van der Waals surface area contributed by atoms with E-state index in [1.807, 2.05) is 25.3 Å². The Hall–Kier alpha value is -4.01. The highest BCUT2D eigenvalue weighted by atomic mass is 19.1. The van der Waals surface area contributed by atoms with Crippen LogP contribution in [-0.2, 0) is 6.54 Å². The van der Waals surface area contributed by atoms with Crippen LogP contribution in [0.3, 0.4) is 0 Å². The number of allylic oxidation sites excluding steroid dienone is 1. The Morgan fingerprint density at radius 1 is 0.974 bits per heavy atom. The van der Waals surface area contributed by atoms with Gasteiger partial charge in [-0.1, -0.05) is 12.1 Å². The molecule has 1 saturated heterocycles. The average Bonchev–Trinajstić information content (AvgIpc) is 3.29. The van der Waals surface area contributed by atoms with Crippen LogP contribution in [0.15, 0.2) is 42.9 Å². The quantitative estimate of drug-likeness (QED) is 0.318. The number of benzene rings is 1. The second kappa shape index (κ2) is 10.0. The van der Waals surface area contributed by atoms with E-state index >= 15 is 0 Å². The lowest BCUT2D eigenvalue weighted by molar-refractivity contribution is 0.252. The van der Waals surface area contributed by atoms with Crippen LogP contribution >= 0.6 is 0 Å². The Kier molecular flexibility index (Phi) is 6.43. The lowest BCUT2D eigenvalue weighted by Crippen LogP contribution is -2.35. The van der Waals surface area contributed by atoms with E-state index in [9.17, 15) is 4.39 Å². The van der Waals surface area contributed by atoms with E-state index in [-0.39, 0.29) is 6.01 Å². The second-order valence-corrected chi connectivity index (χ2v) is 9.76. The summed E-state index contributed by atoms with van der Waals surface area (Å²) in [5.74, 6) is 1.55. The first-order chi connectivity index (χ1) is 18.5. The van der Waals surface area contributed by atoms with Gasteiger partial charge in [0.25, 0.3) is 0 Å². The number of aromatic nitrogens is 5. The highest BCUT2D eigenvalue weighted by molar-refractivity contribution is 5.79. The molecule has 0 aliphatic carbocycles. The minimum atomic E-state index is -0.427. The number of aryl methyl sites for hydroxylation is 1. The van der Waals surface area contributed by atoms with Gasteiger partial charge in [0.05, 0.1) is 31.6 Å². The molecule has 196 valence electrons. The van der Waals surface area contributed by atoms with Crippen LogP contribution in [0.1, 0.15) is 43.5 Å². The van der Waals surface area contributed by atoms with Gasteiger partial charge >= 0.3 is 6.01 Å². The summed E-state index contributed by atoms with van der Waals surface area (Å²) >= 11 is 0. The van der Waals surface area contributed by atoms with Crippen molar-refractivity contribution in [1.29, 1.82) is 0 Å². The lowest BCUT2D eigenvalue weighted by atomic mass is 9.82. The molecule has 4 aromatic rings. The summed E-state index contributed by atoms with van der Waals surface area (Å²) in [5, 5.41) is 0. The fourth-order valence-electron chi connectivity index (χ4n) is 5.49. The van der Waals surface area contributed by atoms with Gasteiger partial charge in [0.15, 0.2) is 5.65 Å². The highest BCUT2D eigenvalue weighted by Crippen LogP contribution is 2.39. The molecule has 3 aliphatic rings. The van der Waals surface area contributed by atoms with Crippen molar-refractivity contribution in [2.75, 3.05) is 26.3 Å². The smallest absolute Gasteiger partial charge is 0.318 e. The van der Waals surface area contributed by atoms with Crippen LogP contribution in [0.5, 0.6) is 11.8 Å². The van der Waals surface area contributed by atoms with Gasteiger partial charge in [-0.2, -0.15) is 9.97 Å². The molecular formula is C29H31FN6O2. The number of nitrogens with zero attached hydrogens (tertiary/aromatic N) is 6. The van der Waals surface area contributed by atoms with Crippen LogP contribution in [0, 0.1) is 18.7 Å². The lowest BCUT2D eigenvalue weighted by Gasteiger charge is -2.39. The Labute approximate surface area is 221 Å². The zero-order valence-electron chi connectivity index (χ0n) is 21.9. The molecule has 0 atom stereocenters.